The minimum atomic E-state index is -4.22. The molecule has 142 valence electrons. The van der Waals surface area contributed by atoms with Crippen molar-refractivity contribution in [3.63, 3.8) is 0 Å². The topological polar surface area (TPSA) is 131 Å². The molecule has 10 heteroatoms. The number of rotatable bonds is 4. The number of benzene rings is 3. The molecule has 0 unspecified atom stereocenters. The number of anilines is 3. The minimum absolute atomic E-state index is 0.00515. The van der Waals surface area contributed by atoms with E-state index in [1.54, 1.807) is 24.3 Å². The van der Waals surface area contributed by atoms with Gasteiger partial charge in [-0.2, -0.15) is 0 Å². The number of phenolic OH excluding ortho intramolecular Hbond substituents is 1. The highest BCUT2D eigenvalue weighted by Gasteiger charge is 2.30. The second kappa shape index (κ2) is 6.43. The van der Waals surface area contributed by atoms with Crippen LogP contribution >= 0.6 is 0 Å². The molecule has 0 amide bonds. The molecule has 0 aliphatic carbocycles. The van der Waals surface area contributed by atoms with Crippen molar-refractivity contribution < 1.29 is 23.2 Å². The second-order valence-electron chi connectivity index (χ2n) is 5.92. The fourth-order valence-corrected chi connectivity index (χ4v) is 3.87. The lowest BCUT2D eigenvalue weighted by Crippen LogP contribution is -2.15. The lowest BCUT2D eigenvalue weighted by Gasteiger charge is -2.22. The van der Waals surface area contributed by atoms with Crippen LogP contribution in [0.2, 0.25) is 0 Å². The zero-order chi connectivity index (χ0) is 19.9. The van der Waals surface area contributed by atoms with Gasteiger partial charge in [0.2, 0.25) is 0 Å². The molecule has 0 spiro atoms. The number of nitrogens with one attached hydrogen (secondary N) is 2. The number of nitro groups is 1. The highest BCUT2D eigenvalue weighted by molar-refractivity contribution is 7.92. The first-order valence-corrected chi connectivity index (χ1v) is 9.50. The average molecular weight is 399 g/mol. The fourth-order valence-electron chi connectivity index (χ4n) is 2.76. The number of phenols is 1. The van der Waals surface area contributed by atoms with Crippen LogP contribution in [0.4, 0.5) is 22.7 Å². The van der Waals surface area contributed by atoms with E-state index in [9.17, 15) is 23.6 Å². The van der Waals surface area contributed by atoms with Gasteiger partial charge in [-0.05, 0) is 24.3 Å². The van der Waals surface area contributed by atoms with Crippen molar-refractivity contribution in [1.29, 1.82) is 0 Å². The molecule has 0 bridgehead atoms. The first kappa shape index (κ1) is 17.6. The molecule has 28 heavy (non-hydrogen) atoms. The summed E-state index contributed by atoms with van der Waals surface area (Å²) in [4.78, 5) is 10.5. The van der Waals surface area contributed by atoms with Gasteiger partial charge in [0, 0.05) is 12.1 Å². The smallest absolute Gasteiger partial charge is 0.297 e. The summed E-state index contributed by atoms with van der Waals surface area (Å²) in [6.07, 6.45) is 0. The summed E-state index contributed by atoms with van der Waals surface area (Å²) in [6, 6.07) is 14.7. The SMILES string of the molecule is O=[N+]([O-])c1cc(S(=O)(=O)Nc2ccccc2O)cc2c1Nc1ccccc1O2. The van der Waals surface area contributed by atoms with Crippen LogP contribution in [0.25, 0.3) is 0 Å². The number of nitro benzene ring substituents is 1. The van der Waals surface area contributed by atoms with E-state index in [0.717, 1.165) is 6.07 Å². The van der Waals surface area contributed by atoms with Crippen molar-refractivity contribution in [2.45, 2.75) is 4.90 Å². The molecule has 0 aromatic heterocycles. The number of hydrogen-bond acceptors (Lipinski definition) is 7. The Morgan fingerprint density at radius 3 is 2.50 bits per heavy atom. The quantitative estimate of drug-likeness (QED) is 0.269. The third-order valence-corrected chi connectivity index (χ3v) is 5.42. The third-order valence-electron chi connectivity index (χ3n) is 4.08. The maximum atomic E-state index is 12.7. The van der Waals surface area contributed by atoms with Gasteiger partial charge in [-0.15, -0.1) is 0 Å². The Morgan fingerprint density at radius 1 is 1.04 bits per heavy atom. The molecule has 0 saturated heterocycles. The number of fused-ring (bicyclic) bond motifs is 2. The molecule has 0 saturated carbocycles. The summed E-state index contributed by atoms with van der Waals surface area (Å²) in [6.45, 7) is 0. The highest BCUT2D eigenvalue weighted by atomic mass is 32.2. The normalized spacial score (nSPS) is 12.1. The molecule has 4 rings (SSSR count). The van der Waals surface area contributed by atoms with Crippen molar-refractivity contribution in [3.05, 3.63) is 70.8 Å². The molecule has 1 heterocycles. The average Bonchev–Trinajstić information content (AvgIpc) is 2.67. The van der Waals surface area contributed by atoms with Gasteiger partial charge >= 0.3 is 0 Å². The third kappa shape index (κ3) is 3.05. The van der Waals surface area contributed by atoms with Crippen molar-refractivity contribution in [2.24, 2.45) is 0 Å². The van der Waals surface area contributed by atoms with Gasteiger partial charge < -0.3 is 15.2 Å². The number of nitrogens with zero attached hydrogens (tertiary/aromatic N) is 1. The predicted molar refractivity (Wildman–Crippen MR) is 102 cm³/mol. The first-order valence-electron chi connectivity index (χ1n) is 8.02. The lowest BCUT2D eigenvalue weighted by molar-refractivity contribution is -0.384. The van der Waals surface area contributed by atoms with E-state index in [2.05, 4.69) is 10.0 Å². The van der Waals surface area contributed by atoms with Gasteiger partial charge in [-0.3, -0.25) is 14.8 Å². The molecular formula is C18H13N3O6S. The van der Waals surface area contributed by atoms with Crippen LogP contribution in [0.15, 0.2) is 65.6 Å². The zero-order valence-corrected chi connectivity index (χ0v) is 14.9. The Bertz CT molecular complexity index is 1210. The van der Waals surface area contributed by atoms with E-state index >= 15 is 0 Å². The number of hydrogen-bond donors (Lipinski definition) is 3. The van der Waals surface area contributed by atoms with Gasteiger partial charge in [0.25, 0.3) is 15.7 Å². The van der Waals surface area contributed by atoms with Crippen molar-refractivity contribution in [1.82, 2.24) is 0 Å². The first-order chi connectivity index (χ1) is 13.3. The van der Waals surface area contributed by atoms with Crippen molar-refractivity contribution in [2.75, 3.05) is 10.0 Å². The molecule has 3 N–H and O–H groups in total. The molecule has 1 aliphatic heterocycles. The van der Waals surface area contributed by atoms with Crippen LogP contribution in [0.1, 0.15) is 0 Å². The number of sulfonamides is 1. The molecule has 3 aromatic carbocycles. The molecule has 1 aliphatic rings. The van der Waals surface area contributed by atoms with Crippen LogP contribution < -0.4 is 14.8 Å². The Kier molecular flexibility index (Phi) is 4.04. The van der Waals surface area contributed by atoms with Gasteiger partial charge in [0.15, 0.2) is 17.2 Å². The highest BCUT2D eigenvalue weighted by Crippen LogP contribution is 2.47. The van der Waals surface area contributed by atoms with Crippen LogP contribution in [-0.2, 0) is 10.0 Å². The molecule has 0 radical (unpaired) electrons. The number of ether oxygens (including phenoxy) is 1. The predicted octanol–water partition coefficient (Wildman–Crippen LogP) is 3.95. The van der Waals surface area contributed by atoms with Crippen LogP contribution in [0.5, 0.6) is 17.2 Å². The second-order valence-corrected chi connectivity index (χ2v) is 7.60. The number of para-hydroxylation sites is 4. The largest absolute Gasteiger partial charge is 0.506 e. The summed E-state index contributed by atoms with van der Waals surface area (Å²) in [7, 11) is -4.22. The summed E-state index contributed by atoms with van der Waals surface area (Å²) in [5.74, 6) is 0.142. The van der Waals surface area contributed by atoms with Gasteiger partial charge in [0.1, 0.15) is 5.75 Å². The summed E-state index contributed by atoms with van der Waals surface area (Å²) < 4.78 is 33.4. The lowest BCUT2D eigenvalue weighted by atomic mass is 10.2. The Morgan fingerprint density at radius 2 is 1.75 bits per heavy atom. The maximum absolute atomic E-state index is 12.7. The standard InChI is InChI=1S/C18H13N3O6S/c22-15-7-3-1-5-12(15)20-28(25,26)11-9-14(21(23)24)18-17(10-11)27-16-8-4-2-6-13(16)19-18/h1-10,19-20,22H. The van der Waals surface area contributed by atoms with Crippen molar-refractivity contribution >= 4 is 32.8 Å². The van der Waals surface area contributed by atoms with E-state index in [4.69, 9.17) is 4.74 Å². The summed E-state index contributed by atoms with van der Waals surface area (Å²) in [5, 5.41) is 24.2. The minimum Gasteiger partial charge on any atom is -0.506 e. The number of aromatic hydroxyl groups is 1. The van der Waals surface area contributed by atoms with E-state index < -0.39 is 20.6 Å². The molecule has 3 aromatic rings. The Labute approximate surface area is 159 Å². The van der Waals surface area contributed by atoms with E-state index in [1.165, 1.54) is 30.3 Å². The van der Waals surface area contributed by atoms with Gasteiger partial charge in [-0.1, -0.05) is 24.3 Å². The van der Waals surface area contributed by atoms with E-state index in [0.29, 0.717) is 11.4 Å². The molecule has 9 nitrogen and oxygen atoms in total. The molecule has 0 atom stereocenters. The molecular weight excluding hydrogens is 386 g/mol. The monoisotopic (exact) mass is 399 g/mol. The van der Waals surface area contributed by atoms with Crippen LogP contribution in [-0.4, -0.2) is 18.4 Å². The van der Waals surface area contributed by atoms with Crippen molar-refractivity contribution in [3.8, 4) is 17.2 Å². The maximum Gasteiger partial charge on any atom is 0.297 e. The van der Waals surface area contributed by atoms with Crippen LogP contribution in [0, 0.1) is 10.1 Å². The summed E-state index contributed by atoms with van der Waals surface area (Å²) >= 11 is 0. The Balaban J connectivity index is 1.80. The Hall–Kier alpha value is -3.79. The van der Waals surface area contributed by atoms with Crippen LogP contribution in [0.3, 0.4) is 0 Å². The zero-order valence-electron chi connectivity index (χ0n) is 14.1. The van der Waals surface area contributed by atoms with Gasteiger partial charge in [0.05, 0.1) is 21.2 Å². The van der Waals surface area contributed by atoms with E-state index in [-0.39, 0.29) is 27.8 Å². The fraction of sp³-hybridized carbons (Fsp3) is 0. The van der Waals surface area contributed by atoms with E-state index in [1.807, 2.05) is 0 Å². The summed E-state index contributed by atoms with van der Waals surface area (Å²) in [5.41, 5.74) is 0.0863. The molecule has 0 fully saturated rings. The van der Waals surface area contributed by atoms with Gasteiger partial charge in [-0.25, -0.2) is 8.42 Å².